The van der Waals surface area contributed by atoms with E-state index in [2.05, 4.69) is 0 Å². The Kier molecular flexibility index (Phi) is 5.82. The monoisotopic (exact) mass is 198 g/mol. The van der Waals surface area contributed by atoms with Crippen LogP contribution in [0.2, 0.25) is 0 Å². The molecular weight excluding hydrogens is 186 g/mol. The SMILES string of the molecule is CP(=O)(O)CP(C)(=O)O.[H-].[H-].[Mg+2]. The van der Waals surface area contributed by atoms with Crippen molar-refractivity contribution in [1.82, 2.24) is 0 Å². The van der Waals surface area contributed by atoms with Gasteiger partial charge in [0.25, 0.3) is 0 Å². The first-order valence-electron chi connectivity index (χ1n) is 2.29. The van der Waals surface area contributed by atoms with E-state index in [1.165, 1.54) is 0 Å². The quantitative estimate of drug-likeness (QED) is 0.503. The van der Waals surface area contributed by atoms with Crippen molar-refractivity contribution in [3.8, 4) is 0 Å². The molecule has 0 rings (SSSR count). The third kappa shape index (κ3) is 11.9. The van der Waals surface area contributed by atoms with E-state index >= 15 is 0 Å². The van der Waals surface area contributed by atoms with E-state index in [0.717, 1.165) is 13.3 Å². The Morgan fingerprint density at radius 2 is 1.40 bits per heavy atom. The van der Waals surface area contributed by atoms with Crippen LogP contribution in [0.3, 0.4) is 0 Å². The van der Waals surface area contributed by atoms with Crippen LogP contribution in [0.15, 0.2) is 0 Å². The molecule has 0 aromatic rings. The predicted octanol–water partition coefficient (Wildman–Crippen LogP) is 0.588. The second-order valence-electron chi connectivity index (χ2n) is 2.24. The van der Waals surface area contributed by atoms with Crippen molar-refractivity contribution in [2.45, 2.75) is 0 Å². The zero-order valence-corrected chi connectivity index (χ0v) is 9.22. The first kappa shape index (κ1) is 13.7. The van der Waals surface area contributed by atoms with Crippen LogP contribution in [-0.2, 0) is 9.13 Å². The van der Waals surface area contributed by atoms with Crippen LogP contribution >= 0.6 is 14.7 Å². The van der Waals surface area contributed by atoms with Crippen LogP contribution in [-0.4, -0.2) is 52.1 Å². The molecule has 0 aromatic carbocycles. The molecule has 2 atom stereocenters. The Labute approximate surface area is 79.0 Å². The molecule has 0 saturated heterocycles. The summed E-state index contributed by atoms with van der Waals surface area (Å²) in [6.45, 7) is 2.14. The summed E-state index contributed by atoms with van der Waals surface area (Å²) < 4.78 is 20.9. The molecule has 0 heterocycles. The zero-order valence-electron chi connectivity index (χ0n) is 8.02. The molecule has 0 bridgehead atoms. The summed E-state index contributed by atoms with van der Waals surface area (Å²) >= 11 is 0. The van der Waals surface area contributed by atoms with Crippen LogP contribution in [0, 0.1) is 0 Å². The fraction of sp³-hybridized carbons (Fsp3) is 1.00. The molecule has 0 amide bonds. The fourth-order valence-corrected chi connectivity index (χ4v) is 4.38. The van der Waals surface area contributed by atoms with Gasteiger partial charge in [0.1, 0.15) is 5.90 Å². The summed E-state index contributed by atoms with van der Waals surface area (Å²) in [4.78, 5) is 17.2. The summed E-state index contributed by atoms with van der Waals surface area (Å²) in [5.41, 5.74) is 0. The minimum absolute atomic E-state index is 0. The minimum Gasteiger partial charge on any atom is -1.00 e. The summed E-state index contributed by atoms with van der Waals surface area (Å²) in [5, 5.41) is 0. The average molecular weight is 198 g/mol. The van der Waals surface area contributed by atoms with E-state index in [4.69, 9.17) is 9.79 Å². The molecular formula is C3H12MgO4P2. The van der Waals surface area contributed by atoms with Crippen molar-refractivity contribution < 1.29 is 21.8 Å². The van der Waals surface area contributed by atoms with Gasteiger partial charge in [-0.2, -0.15) is 0 Å². The molecule has 60 valence electrons. The van der Waals surface area contributed by atoms with Crippen molar-refractivity contribution in [2.24, 2.45) is 0 Å². The van der Waals surface area contributed by atoms with Gasteiger partial charge in [0.05, 0.1) is 0 Å². The van der Waals surface area contributed by atoms with Crippen LogP contribution in [0.1, 0.15) is 2.85 Å². The summed E-state index contributed by atoms with van der Waals surface area (Å²) in [6, 6.07) is 0. The molecule has 0 aliphatic heterocycles. The second-order valence-corrected chi connectivity index (χ2v) is 7.58. The topological polar surface area (TPSA) is 74.6 Å². The second kappa shape index (κ2) is 4.24. The first-order chi connectivity index (χ1) is 3.71. The van der Waals surface area contributed by atoms with Gasteiger partial charge in [0, 0.05) is 13.3 Å². The van der Waals surface area contributed by atoms with Gasteiger partial charge in [-0.15, -0.1) is 0 Å². The maximum absolute atomic E-state index is 10.5. The van der Waals surface area contributed by atoms with E-state index in [1.807, 2.05) is 0 Å². The van der Waals surface area contributed by atoms with E-state index in [-0.39, 0.29) is 25.9 Å². The van der Waals surface area contributed by atoms with E-state index in [1.54, 1.807) is 0 Å². The van der Waals surface area contributed by atoms with Crippen molar-refractivity contribution >= 4 is 37.8 Å². The van der Waals surface area contributed by atoms with Crippen molar-refractivity contribution in [3.63, 3.8) is 0 Å². The normalized spacial score (nSPS) is 22.0. The number of rotatable bonds is 2. The van der Waals surface area contributed by atoms with Gasteiger partial charge in [-0.3, -0.25) is 9.13 Å². The first-order valence-corrected chi connectivity index (χ1v) is 6.88. The van der Waals surface area contributed by atoms with E-state index < -0.39 is 20.6 Å². The molecule has 0 saturated carbocycles. The predicted molar refractivity (Wildman–Crippen MR) is 44.3 cm³/mol. The van der Waals surface area contributed by atoms with Gasteiger partial charge in [-0.05, 0) is 0 Å². The van der Waals surface area contributed by atoms with Crippen LogP contribution in [0.5, 0.6) is 0 Å². The Bertz CT molecular complexity index is 167. The Balaban J connectivity index is -0.000000107. The zero-order chi connectivity index (χ0) is 7.71. The molecule has 2 unspecified atom stereocenters. The van der Waals surface area contributed by atoms with Crippen LogP contribution in [0.4, 0.5) is 0 Å². The van der Waals surface area contributed by atoms with Crippen molar-refractivity contribution in [2.75, 3.05) is 19.2 Å². The molecule has 0 aliphatic carbocycles. The molecule has 10 heavy (non-hydrogen) atoms. The maximum Gasteiger partial charge on any atom is 2.00 e. The molecule has 0 fully saturated rings. The van der Waals surface area contributed by atoms with Gasteiger partial charge in [-0.1, -0.05) is 0 Å². The Morgan fingerprint density at radius 1 is 1.20 bits per heavy atom. The third-order valence-corrected chi connectivity index (χ3v) is 4.72. The minimum atomic E-state index is -3.30. The molecule has 0 radical (unpaired) electrons. The van der Waals surface area contributed by atoms with Gasteiger partial charge in [0.2, 0.25) is 14.7 Å². The smallest absolute Gasteiger partial charge is 1.00 e. The van der Waals surface area contributed by atoms with Gasteiger partial charge in [-0.25, -0.2) is 0 Å². The molecule has 0 spiro atoms. The van der Waals surface area contributed by atoms with Crippen LogP contribution < -0.4 is 0 Å². The molecule has 0 aliphatic rings. The number of hydrogen-bond acceptors (Lipinski definition) is 2. The van der Waals surface area contributed by atoms with Crippen molar-refractivity contribution in [3.05, 3.63) is 0 Å². The molecule has 7 heteroatoms. The maximum atomic E-state index is 10.5. The van der Waals surface area contributed by atoms with Gasteiger partial charge >= 0.3 is 23.1 Å². The average Bonchev–Trinajstić information content (AvgIpc) is 1.14. The third-order valence-electron chi connectivity index (χ3n) is 0.525. The van der Waals surface area contributed by atoms with Crippen LogP contribution in [0.25, 0.3) is 0 Å². The molecule has 4 nitrogen and oxygen atoms in total. The number of hydrogen-bond donors (Lipinski definition) is 2. The fourth-order valence-electron chi connectivity index (χ4n) is 0.487. The Hall–Kier alpha value is 1.15. The van der Waals surface area contributed by atoms with Gasteiger partial charge < -0.3 is 12.6 Å². The molecule has 2 N–H and O–H groups in total. The standard InChI is InChI=1S/C3H10O4P2.Mg.2H/c1-8(4,5)3-9(2,6)7;;;/h3H2,1-2H3,(H,4,5)(H,6,7);;;/q;+2;2*-1. The van der Waals surface area contributed by atoms with Gasteiger partial charge in [0.15, 0.2) is 0 Å². The Morgan fingerprint density at radius 3 is 1.40 bits per heavy atom. The van der Waals surface area contributed by atoms with E-state index in [0.29, 0.717) is 0 Å². The van der Waals surface area contributed by atoms with E-state index in [9.17, 15) is 9.13 Å². The van der Waals surface area contributed by atoms with Crippen molar-refractivity contribution in [1.29, 1.82) is 0 Å². The summed E-state index contributed by atoms with van der Waals surface area (Å²) in [5.74, 6) is -0.486. The summed E-state index contributed by atoms with van der Waals surface area (Å²) in [6.07, 6.45) is 0. The largest absolute Gasteiger partial charge is 2.00 e. The molecule has 0 aromatic heterocycles. The summed E-state index contributed by atoms with van der Waals surface area (Å²) in [7, 11) is -6.60.